The molecule has 1 rings (SSSR count). The van der Waals surface area contributed by atoms with E-state index in [1.165, 1.54) is 0 Å². The first-order valence-electron chi connectivity index (χ1n) is 3.67. The quantitative estimate of drug-likeness (QED) is 0.448. The molecule has 0 unspecified atom stereocenters. The zero-order valence-corrected chi connectivity index (χ0v) is 6.66. The van der Waals surface area contributed by atoms with Crippen LogP contribution in [0.3, 0.4) is 0 Å². The lowest BCUT2D eigenvalue weighted by molar-refractivity contribution is 0.201. The van der Waals surface area contributed by atoms with Gasteiger partial charge in [-0.15, -0.1) is 0 Å². The van der Waals surface area contributed by atoms with E-state index >= 15 is 0 Å². The molecule has 0 aliphatic heterocycles. The number of anilines is 1. The van der Waals surface area contributed by atoms with Crippen molar-refractivity contribution in [2.45, 2.75) is 0 Å². The molecule has 4 nitrogen and oxygen atoms in total. The van der Waals surface area contributed by atoms with Crippen LogP contribution >= 0.6 is 0 Å². The highest BCUT2D eigenvalue weighted by Gasteiger charge is 1.93. The third kappa shape index (κ3) is 2.41. The van der Waals surface area contributed by atoms with Crippen molar-refractivity contribution in [2.75, 3.05) is 18.6 Å². The zero-order chi connectivity index (χ0) is 8.81. The first-order chi connectivity index (χ1) is 5.86. The number of aliphatic hydroxyl groups excluding tert-OH is 1. The van der Waals surface area contributed by atoms with Crippen LogP contribution in [0.5, 0.6) is 5.75 Å². The van der Waals surface area contributed by atoms with Gasteiger partial charge in [-0.2, -0.15) is 0 Å². The Hall–Kier alpha value is -1.26. The van der Waals surface area contributed by atoms with Gasteiger partial charge in [-0.1, -0.05) is 6.07 Å². The van der Waals surface area contributed by atoms with Gasteiger partial charge in [-0.25, -0.2) is 0 Å². The molecule has 0 saturated carbocycles. The number of nitrogens with two attached hydrogens (primary N) is 1. The summed E-state index contributed by atoms with van der Waals surface area (Å²) in [6.45, 7) is 0.314. The number of aliphatic hydroxyl groups is 1. The molecule has 4 N–H and O–H groups in total. The van der Waals surface area contributed by atoms with Gasteiger partial charge in [-0.3, -0.25) is 5.84 Å². The second kappa shape index (κ2) is 4.58. The van der Waals surface area contributed by atoms with E-state index in [0.29, 0.717) is 12.4 Å². The molecule has 0 aliphatic carbocycles. The van der Waals surface area contributed by atoms with Crippen LogP contribution in [0.2, 0.25) is 0 Å². The van der Waals surface area contributed by atoms with Crippen molar-refractivity contribution >= 4 is 5.69 Å². The summed E-state index contributed by atoms with van der Waals surface area (Å²) in [5, 5.41) is 8.49. The zero-order valence-electron chi connectivity index (χ0n) is 6.66. The van der Waals surface area contributed by atoms with Crippen LogP contribution < -0.4 is 16.0 Å². The lowest BCUT2D eigenvalue weighted by Crippen LogP contribution is -2.07. The average Bonchev–Trinajstić information content (AvgIpc) is 2.15. The maximum absolute atomic E-state index is 8.49. The normalized spacial score (nSPS) is 9.50. The second-order valence-corrected chi connectivity index (χ2v) is 2.24. The van der Waals surface area contributed by atoms with Crippen molar-refractivity contribution in [3.05, 3.63) is 24.3 Å². The molecule has 0 spiro atoms. The summed E-state index contributed by atoms with van der Waals surface area (Å²) < 4.78 is 5.15. The number of ether oxygens (including phenoxy) is 1. The molecule has 4 heteroatoms. The van der Waals surface area contributed by atoms with E-state index in [2.05, 4.69) is 5.43 Å². The van der Waals surface area contributed by atoms with Crippen molar-refractivity contribution in [1.29, 1.82) is 0 Å². The Morgan fingerprint density at radius 1 is 1.50 bits per heavy atom. The van der Waals surface area contributed by atoms with Crippen LogP contribution in [0.15, 0.2) is 24.3 Å². The lowest BCUT2D eigenvalue weighted by Gasteiger charge is -2.05. The van der Waals surface area contributed by atoms with E-state index < -0.39 is 0 Å². The summed E-state index contributed by atoms with van der Waals surface area (Å²) in [4.78, 5) is 0. The molecule has 1 aromatic carbocycles. The Labute approximate surface area is 70.9 Å². The number of hydrogen-bond donors (Lipinski definition) is 3. The van der Waals surface area contributed by atoms with Crippen molar-refractivity contribution in [1.82, 2.24) is 0 Å². The van der Waals surface area contributed by atoms with E-state index in [1.807, 2.05) is 12.1 Å². The summed E-state index contributed by atoms with van der Waals surface area (Å²) in [5.74, 6) is 5.89. The van der Waals surface area contributed by atoms with Gasteiger partial charge in [0.15, 0.2) is 0 Å². The van der Waals surface area contributed by atoms with Crippen LogP contribution in [0.1, 0.15) is 0 Å². The van der Waals surface area contributed by atoms with E-state index in [0.717, 1.165) is 5.69 Å². The van der Waals surface area contributed by atoms with Crippen LogP contribution in [0.25, 0.3) is 0 Å². The summed E-state index contributed by atoms with van der Waals surface area (Å²) in [6, 6.07) is 7.21. The molecule has 0 atom stereocenters. The number of nitrogen functional groups attached to an aromatic ring is 1. The van der Waals surface area contributed by atoms with Crippen molar-refractivity contribution in [3.63, 3.8) is 0 Å². The molecule has 12 heavy (non-hydrogen) atoms. The Balaban J connectivity index is 2.60. The molecule has 1 aromatic rings. The molecule has 66 valence electrons. The van der Waals surface area contributed by atoms with E-state index in [-0.39, 0.29) is 6.61 Å². The highest BCUT2D eigenvalue weighted by atomic mass is 16.5. The summed E-state index contributed by atoms with van der Waals surface area (Å²) in [7, 11) is 0. The van der Waals surface area contributed by atoms with Gasteiger partial charge in [0.25, 0.3) is 0 Å². The molecule has 0 fully saturated rings. The molecule has 0 bridgehead atoms. The highest BCUT2D eigenvalue weighted by molar-refractivity contribution is 5.46. The number of hydrogen-bond acceptors (Lipinski definition) is 4. The number of benzene rings is 1. The molecule has 0 aliphatic rings. The third-order valence-electron chi connectivity index (χ3n) is 1.36. The number of rotatable bonds is 4. The summed E-state index contributed by atoms with van der Waals surface area (Å²) in [6.07, 6.45) is 0. The maximum atomic E-state index is 8.49. The second-order valence-electron chi connectivity index (χ2n) is 2.24. The summed E-state index contributed by atoms with van der Waals surface area (Å²) in [5.41, 5.74) is 3.28. The fourth-order valence-corrected chi connectivity index (χ4v) is 0.839. The summed E-state index contributed by atoms with van der Waals surface area (Å²) >= 11 is 0. The SMILES string of the molecule is NNc1cccc(OCCO)c1. The first-order valence-corrected chi connectivity index (χ1v) is 3.67. The number of nitrogens with one attached hydrogen (secondary N) is 1. The Kier molecular flexibility index (Phi) is 3.37. The predicted octanol–water partition coefficient (Wildman–Crippen LogP) is 0.343. The molecular formula is C8H12N2O2. The standard InChI is InChI=1S/C8H12N2O2/c9-10-7-2-1-3-8(6-7)12-5-4-11/h1-3,6,10-11H,4-5,9H2. The van der Waals surface area contributed by atoms with Gasteiger partial charge >= 0.3 is 0 Å². The first kappa shape index (κ1) is 8.83. The number of hydrazine groups is 1. The van der Waals surface area contributed by atoms with Gasteiger partial charge in [0.05, 0.1) is 12.3 Å². The van der Waals surface area contributed by atoms with Gasteiger partial charge < -0.3 is 15.3 Å². The minimum absolute atomic E-state index is 0.0142. The van der Waals surface area contributed by atoms with Crippen LogP contribution in [0, 0.1) is 0 Å². The average molecular weight is 168 g/mol. The minimum atomic E-state index is 0.0142. The largest absolute Gasteiger partial charge is 0.491 e. The van der Waals surface area contributed by atoms with Crippen molar-refractivity contribution < 1.29 is 9.84 Å². The van der Waals surface area contributed by atoms with Gasteiger partial charge in [0.2, 0.25) is 0 Å². The Morgan fingerprint density at radius 3 is 3.00 bits per heavy atom. The fraction of sp³-hybridized carbons (Fsp3) is 0.250. The lowest BCUT2D eigenvalue weighted by atomic mass is 10.3. The molecular weight excluding hydrogens is 156 g/mol. The molecule has 0 saturated heterocycles. The van der Waals surface area contributed by atoms with E-state index in [9.17, 15) is 0 Å². The molecule has 0 amide bonds. The minimum Gasteiger partial charge on any atom is -0.491 e. The molecule has 0 radical (unpaired) electrons. The smallest absolute Gasteiger partial charge is 0.121 e. The van der Waals surface area contributed by atoms with Gasteiger partial charge in [0.1, 0.15) is 12.4 Å². The van der Waals surface area contributed by atoms with E-state index in [1.54, 1.807) is 12.1 Å². The maximum Gasteiger partial charge on any atom is 0.121 e. The predicted molar refractivity (Wildman–Crippen MR) is 46.8 cm³/mol. The monoisotopic (exact) mass is 168 g/mol. The Bertz CT molecular complexity index is 240. The topological polar surface area (TPSA) is 67.5 Å². The Morgan fingerprint density at radius 2 is 2.33 bits per heavy atom. The van der Waals surface area contributed by atoms with Crippen LogP contribution in [-0.2, 0) is 0 Å². The highest BCUT2D eigenvalue weighted by Crippen LogP contribution is 2.15. The molecule has 0 heterocycles. The van der Waals surface area contributed by atoms with Gasteiger partial charge in [-0.05, 0) is 12.1 Å². The van der Waals surface area contributed by atoms with Crippen LogP contribution in [0.4, 0.5) is 5.69 Å². The fourth-order valence-electron chi connectivity index (χ4n) is 0.839. The van der Waals surface area contributed by atoms with Gasteiger partial charge in [0, 0.05) is 6.07 Å². The third-order valence-corrected chi connectivity index (χ3v) is 1.36. The van der Waals surface area contributed by atoms with Crippen molar-refractivity contribution in [3.8, 4) is 5.75 Å². The van der Waals surface area contributed by atoms with Crippen molar-refractivity contribution in [2.24, 2.45) is 5.84 Å². The van der Waals surface area contributed by atoms with Crippen LogP contribution in [-0.4, -0.2) is 18.3 Å². The molecule has 0 aromatic heterocycles. The van der Waals surface area contributed by atoms with E-state index in [4.69, 9.17) is 15.7 Å².